The van der Waals surface area contributed by atoms with E-state index in [1.807, 2.05) is 24.3 Å². The third-order valence-electron chi connectivity index (χ3n) is 3.07. The molecule has 1 aliphatic heterocycles. The van der Waals surface area contributed by atoms with E-state index in [1.165, 1.54) is 11.8 Å². The van der Waals surface area contributed by atoms with Gasteiger partial charge in [0, 0.05) is 10.9 Å². The molecule has 1 fully saturated rings. The zero-order valence-corrected chi connectivity index (χ0v) is 12.5. The molecule has 1 saturated heterocycles. The Hall–Kier alpha value is -1.05. The Morgan fingerprint density at radius 3 is 2.60 bits per heavy atom. The van der Waals surface area contributed by atoms with Crippen molar-refractivity contribution in [1.29, 1.82) is 0 Å². The maximum absolute atomic E-state index is 11.7. The lowest BCUT2D eigenvalue weighted by molar-refractivity contribution is -0.119. The number of benzene rings is 1. The van der Waals surface area contributed by atoms with E-state index in [4.69, 9.17) is 5.11 Å². The molecule has 2 N–H and O–H groups in total. The SMILES string of the molecule is O=C(CSc1ccc(CO)cc1)NC1CCS(=O)(=O)C1. The summed E-state index contributed by atoms with van der Waals surface area (Å²) in [6.45, 7) is 0.00157. The van der Waals surface area contributed by atoms with Gasteiger partial charge in [-0.25, -0.2) is 8.42 Å². The van der Waals surface area contributed by atoms with Gasteiger partial charge in [-0.1, -0.05) is 12.1 Å². The van der Waals surface area contributed by atoms with E-state index in [9.17, 15) is 13.2 Å². The second kappa shape index (κ2) is 6.60. The summed E-state index contributed by atoms with van der Waals surface area (Å²) in [5.41, 5.74) is 0.829. The Morgan fingerprint density at radius 1 is 1.35 bits per heavy atom. The number of hydrogen-bond donors (Lipinski definition) is 2. The molecule has 1 atom stereocenters. The normalized spacial score (nSPS) is 20.8. The fourth-order valence-electron chi connectivity index (χ4n) is 2.02. The summed E-state index contributed by atoms with van der Waals surface area (Å²) in [6, 6.07) is 7.07. The van der Waals surface area contributed by atoms with Gasteiger partial charge in [-0.3, -0.25) is 4.79 Å². The molecule has 0 saturated carbocycles. The monoisotopic (exact) mass is 315 g/mol. The van der Waals surface area contributed by atoms with Crippen molar-refractivity contribution in [1.82, 2.24) is 5.32 Å². The largest absolute Gasteiger partial charge is 0.392 e. The molecule has 1 heterocycles. The third kappa shape index (κ3) is 4.50. The van der Waals surface area contributed by atoms with Crippen molar-refractivity contribution in [3.8, 4) is 0 Å². The summed E-state index contributed by atoms with van der Waals surface area (Å²) in [4.78, 5) is 12.7. The number of nitrogens with one attached hydrogen (secondary N) is 1. The molecule has 2 rings (SSSR count). The average molecular weight is 315 g/mol. The first-order chi connectivity index (χ1) is 9.48. The second-order valence-corrected chi connectivity index (χ2v) is 8.04. The van der Waals surface area contributed by atoms with Crippen molar-refractivity contribution in [3.63, 3.8) is 0 Å². The summed E-state index contributed by atoms with van der Waals surface area (Å²) < 4.78 is 22.6. The standard InChI is InChI=1S/C13H17NO4S2/c15-7-10-1-3-12(4-2-10)19-8-13(16)14-11-5-6-20(17,18)9-11/h1-4,11,15H,5-9H2,(H,14,16). The molecule has 1 aromatic rings. The lowest BCUT2D eigenvalue weighted by atomic mass is 10.2. The zero-order valence-electron chi connectivity index (χ0n) is 10.9. The van der Waals surface area contributed by atoms with Crippen molar-refractivity contribution in [3.05, 3.63) is 29.8 Å². The van der Waals surface area contributed by atoms with Crippen LogP contribution < -0.4 is 5.32 Å². The number of amides is 1. The highest BCUT2D eigenvalue weighted by Crippen LogP contribution is 2.18. The fourth-order valence-corrected chi connectivity index (χ4v) is 4.40. The third-order valence-corrected chi connectivity index (χ3v) is 5.85. The maximum Gasteiger partial charge on any atom is 0.230 e. The molecule has 7 heteroatoms. The van der Waals surface area contributed by atoms with Crippen LogP contribution in [0.1, 0.15) is 12.0 Å². The number of carbonyl (C=O) groups is 1. The number of hydrogen-bond acceptors (Lipinski definition) is 5. The molecular formula is C13H17NO4S2. The molecule has 0 radical (unpaired) electrons. The Morgan fingerprint density at radius 2 is 2.05 bits per heavy atom. The van der Waals surface area contributed by atoms with Crippen LogP contribution in [0.2, 0.25) is 0 Å². The summed E-state index contributed by atoms with van der Waals surface area (Å²) in [5.74, 6) is 0.320. The van der Waals surface area contributed by atoms with Crippen molar-refractivity contribution >= 4 is 27.5 Å². The Bertz CT molecular complexity index is 569. The smallest absolute Gasteiger partial charge is 0.230 e. The Kier molecular flexibility index (Phi) is 5.06. The van der Waals surface area contributed by atoms with Gasteiger partial charge in [0.05, 0.1) is 23.9 Å². The molecule has 110 valence electrons. The van der Waals surface area contributed by atoms with Gasteiger partial charge >= 0.3 is 0 Å². The van der Waals surface area contributed by atoms with Gasteiger partial charge in [-0.05, 0) is 24.1 Å². The summed E-state index contributed by atoms with van der Waals surface area (Å²) in [7, 11) is -2.96. The lowest BCUT2D eigenvalue weighted by Crippen LogP contribution is -2.36. The van der Waals surface area contributed by atoms with E-state index in [0.717, 1.165) is 10.5 Å². The van der Waals surface area contributed by atoms with Crippen LogP contribution in [0.4, 0.5) is 0 Å². The first kappa shape index (κ1) is 15.3. The Balaban J connectivity index is 1.77. The number of carbonyl (C=O) groups excluding carboxylic acids is 1. The zero-order chi connectivity index (χ0) is 14.6. The Labute approximate surface area is 122 Å². The molecule has 1 amide bonds. The molecule has 0 bridgehead atoms. The van der Waals surface area contributed by atoms with Gasteiger partial charge in [0.15, 0.2) is 9.84 Å². The van der Waals surface area contributed by atoms with Crippen LogP contribution in [0.5, 0.6) is 0 Å². The minimum Gasteiger partial charge on any atom is -0.392 e. The number of aliphatic hydroxyl groups excluding tert-OH is 1. The van der Waals surface area contributed by atoms with Crippen molar-refractivity contribution in [2.24, 2.45) is 0 Å². The van der Waals surface area contributed by atoms with Crippen LogP contribution in [0, 0.1) is 0 Å². The molecular weight excluding hydrogens is 298 g/mol. The van der Waals surface area contributed by atoms with Gasteiger partial charge in [0.25, 0.3) is 0 Å². The number of sulfone groups is 1. The molecule has 1 aliphatic rings. The second-order valence-electron chi connectivity index (χ2n) is 4.76. The van der Waals surface area contributed by atoms with Crippen LogP contribution in [0.15, 0.2) is 29.2 Å². The van der Waals surface area contributed by atoms with E-state index in [0.29, 0.717) is 6.42 Å². The highest BCUT2D eigenvalue weighted by molar-refractivity contribution is 8.00. The molecule has 0 aromatic heterocycles. The first-order valence-corrected chi connectivity index (χ1v) is 9.11. The predicted molar refractivity (Wildman–Crippen MR) is 78.3 cm³/mol. The van der Waals surface area contributed by atoms with Crippen LogP contribution in [0.25, 0.3) is 0 Å². The van der Waals surface area contributed by atoms with Gasteiger partial charge in [0.2, 0.25) is 5.91 Å². The summed E-state index contributed by atoms with van der Waals surface area (Å²) in [6.07, 6.45) is 0.504. The molecule has 1 aromatic carbocycles. The molecule has 20 heavy (non-hydrogen) atoms. The van der Waals surface area contributed by atoms with Gasteiger partial charge in [-0.15, -0.1) is 11.8 Å². The van der Waals surface area contributed by atoms with E-state index in [1.54, 1.807) is 0 Å². The van der Waals surface area contributed by atoms with Crippen LogP contribution in [-0.2, 0) is 21.2 Å². The molecule has 1 unspecified atom stereocenters. The summed E-state index contributed by atoms with van der Waals surface area (Å²) in [5, 5.41) is 11.7. The molecule has 5 nitrogen and oxygen atoms in total. The van der Waals surface area contributed by atoms with Crippen LogP contribution >= 0.6 is 11.8 Å². The fraction of sp³-hybridized carbons (Fsp3) is 0.462. The minimum atomic E-state index is -2.96. The summed E-state index contributed by atoms with van der Waals surface area (Å²) >= 11 is 1.39. The highest BCUT2D eigenvalue weighted by atomic mass is 32.2. The van der Waals surface area contributed by atoms with E-state index >= 15 is 0 Å². The average Bonchev–Trinajstić information content (AvgIpc) is 2.76. The quantitative estimate of drug-likeness (QED) is 0.776. The molecule has 0 spiro atoms. The molecule has 0 aliphatic carbocycles. The minimum absolute atomic E-state index is 0.00157. The number of thioether (sulfide) groups is 1. The van der Waals surface area contributed by atoms with Crippen LogP contribution in [0.3, 0.4) is 0 Å². The first-order valence-electron chi connectivity index (χ1n) is 6.31. The van der Waals surface area contributed by atoms with Gasteiger partial charge in [0.1, 0.15) is 0 Å². The van der Waals surface area contributed by atoms with Crippen LogP contribution in [-0.4, -0.2) is 42.7 Å². The van der Waals surface area contributed by atoms with Crippen molar-refractivity contribution in [2.75, 3.05) is 17.3 Å². The van der Waals surface area contributed by atoms with Gasteiger partial charge < -0.3 is 10.4 Å². The van der Waals surface area contributed by atoms with E-state index in [-0.39, 0.29) is 35.8 Å². The maximum atomic E-state index is 11.7. The van der Waals surface area contributed by atoms with E-state index < -0.39 is 9.84 Å². The topological polar surface area (TPSA) is 83.5 Å². The van der Waals surface area contributed by atoms with Crippen molar-refractivity contribution in [2.45, 2.75) is 24.0 Å². The number of aliphatic hydroxyl groups is 1. The van der Waals surface area contributed by atoms with Gasteiger partial charge in [-0.2, -0.15) is 0 Å². The highest BCUT2D eigenvalue weighted by Gasteiger charge is 2.28. The predicted octanol–water partition coefficient (Wildman–Crippen LogP) is 0.574. The van der Waals surface area contributed by atoms with E-state index in [2.05, 4.69) is 5.32 Å². The number of rotatable bonds is 5. The lowest BCUT2D eigenvalue weighted by Gasteiger charge is -2.10. The van der Waals surface area contributed by atoms with Crippen molar-refractivity contribution < 1.29 is 18.3 Å².